The van der Waals surface area contributed by atoms with Crippen LogP contribution in [-0.4, -0.2) is 44.6 Å². The van der Waals surface area contributed by atoms with Gasteiger partial charge in [0.25, 0.3) is 0 Å². The van der Waals surface area contributed by atoms with Gasteiger partial charge in [0.05, 0.1) is 23.3 Å². The number of imidazole rings is 1. The molecule has 4 rings (SSSR count). The third kappa shape index (κ3) is 7.17. The Labute approximate surface area is 219 Å². The van der Waals surface area contributed by atoms with E-state index in [-0.39, 0.29) is 36.4 Å². The summed E-state index contributed by atoms with van der Waals surface area (Å²) >= 11 is -1.72. The molecule has 200 valence electrons. The SMILES string of the molecule is Cc1c(OCC(F)(F)F)ccnc1C[S+]([O-])c1nc2ccccc2n1CCOC(=O)OCc1ccccc1. The molecule has 4 aromatic rings. The van der Waals surface area contributed by atoms with Gasteiger partial charge in [0.2, 0.25) is 0 Å². The fourth-order valence-electron chi connectivity index (χ4n) is 3.63. The van der Waals surface area contributed by atoms with Gasteiger partial charge in [0, 0.05) is 22.9 Å². The number of nitrogens with zero attached hydrogens (tertiary/aromatic N) is 3. The van der Waals surface area contributed by atoms with Crippen LogP contribution in [-0.2, 0) is 39.6 Å². The average Bonchev–Trinajstić information content (AvgIpc) is 3.27. The Bertz CT molecular complexity index is 1380. The fourth-order valence-corrected chi connectivity index (χ4v) is 4.93. The summed E-state index contributed by atoms with van der Waals surface area (Å²) in [5.41, 5.74) is 2.78. The number of hydrogen-bond acceptors (Lipinski definition) is 7. The number of ether oxygens (including phenoxy) is 3. The van der Waals surface area contributed by atoms with Crippen molar-refractivity contribution in [2.75, 3.05) is 13.2 Å². The summed E-state index contributed by atoms with van der Waals surface area (Å²) < 4.78 is 68.0. The van der Waals surface area contributed by atoms with Crippen LogP contribution in [0.15, 0.2) is 72.0 Å². The second-order valence-electron chi connectivity index (χ2n) is 8.18. The number of rotatable bonds is 10. The third-order valence-electron chi connectivity index (χ3n) is 5.48. The molecule has 12 heteroatoms. The maximum atomic E-state index is 13.4. The number of carbonyl (C=O) groups excluding carboxylic acids is 1. The highest BCUT2D eigenvalue weighted by Crippen LogP contribution is 2.27. The van der Waals surface area contributed by atoms with Crippen LogP contribution in [0.2, 0.25) is 0 Å². The van der Waals surface area contributed by atoms with E-state index in [2.05, 4.69) is 9.97 Å². The largest absolute Gasteiger partial charge is 0.609 e. The van der Waals surface area contributed by atoms with Gasteiger partial charge < -0.3 is 18.8 Å². The van der Waals surface area contributed by atoms with E-state index >= 15 is 0 Å². The maximum Gasteiger partial charge on any atom is 0.508 e. The Morgan fingerprint density at radius 2 is 1.79 bits per heavy atom. The van der Waals surface area contributed by atoms with Crippen molar-refractivity contribution < 1.29 is 36.7 Å². The summed E-state index contributed by atoms with van der Waals surface area (Å²) in [5, 5.41) is 0.218. The zero-order valence-electron chi connectivity index (χ0n) is 20.3. The highest BCUT2D eigenvalue weighted by atomic mass is 32.2. The molecule has 0 saturated carbocycles. The van der Waals surface area contributed by atoms with E-state index in [4.69, 9.17) is 14.2 Å². The number of benzene rings is 2. The molecule has 0 aliphatic heterocycles. The van der Waals surface area contributed by atoms with Crippen LogP contribution >= 0.6 is 0 Å². The molecule has 0 N–H and O–H groups in total. The van der Waals surface area contributed by atoms with Crippen molar-refractivity contribution in [3.63, 3.8) is 0 Å². The Kier molecular flexibility index (Phi) is 8.74. The van der Waals surface area contributed by atoms with E-state index < -0.39 is 30.1 Å². The van der Waals surface area contributed by atoms with Crippen LogP contribution < -0.4 is 4.74 Å². The maximum absolute atomic E-state index is 13.4. The van der Waals surface area contributed by atoms with Crippen LogP contribution in [0.1, 0.15) is 16.8 Å². The minimum absolute atomic E-state index is 0.0141. The number of halogens is 3. The lowest BCUT2D eigenvalue weighted by Crippen LogP contribution is -2.20. The lowest BCUT2D eigenvalue weighted by atomic mass is 10.2. The minimum atomic E-state index is -4.49. The van der Waals surface area contributed by atoms with Crippen molar-refractivity contribution in [3.8, 4) is 5.75 Å². The number of hydrogen-bond donors (Lipinski definition) is 0. The van der Waals surface area contributed by atoms with Gasteiger partial charge in [-0.2, -0.15) is 18.2 Å². The van der Waals surface area contributed by atoms with Crippen molar-refractivity contribution in [3.05, 3.63) is 83.7 Å². The molecule has 0 aliphatic rings. The van der Waals surface area contributed by atoms with E-state index in [1.807, 2.05) is 30.3 Å². The first-order valence-corrected chi connectivity index (χ1v) is 12.8. The molecule has 38 heavy (non-hydrogen) atoms. The molecule has 1 unspecified atom stereocenters. The topological polar surface area (TPSA) is 98.5 Å². The molecule has 0 spiro atoms. The summed E-state index contributed by atoms with van der Waals surface area (Å²) in [4.78, 5) is 20.7. The van der Waals surface area contributed by atoms with E-state index in [9.17, 15) is 22.5 Å². The first-order chi connectivity index (χ1) is 18.2. The van der Waals surface area contributed by atoms with E-state index in [0.29, 0.717) is 22.3 Å². The van der Waals surface area contributed by atoms with Crippen molar-refractivity contribution in [1.29, 1.82) is 0 Å². The Hall–Kier alpha value is -3.77. The smallest absolute Gasteiger partial charge is 0.508 e. The quantitative estimate of drug-likeness (QED) is 0.195. The van der Waals surface area contributed by atoms with Crippen molar-refractivity contribution in [2.45, 2.75) is 37.2 Å². The fraction of sp³-hybridized carbons (Fsp3) is 0.269. The second kappa shape index (κ2) is 12.2. The third-order valence-corrected chi connectivity index (χ3v) is 6.73. The van der Waals surface area contributed by atoms with Crippen LogP contribution in [0.25, 0.3) is 11.0 Å². The van der Waals surface area contributed by atoms with Crippen LogP contribution in [0, 0.1) is 6.92 Å². The van der Waals surface area contributed by atoms with Gasteiger partial charge in [-0.1, -0.05) is 42.5 Å². The minimum Gasteiger partial charge on any atom is -0.609 e. The molecule has 0 aliphatic carbocycles. The first kappa shape index (κ1) is 27.3. The number of aromatic nitrogens is 3. The summed E-state index contributed by atoms with van der Waals surface area (Å²) in [6.07, 6.45) is -4.01. The van der Waals surface area contributed by atoms with Crippen molar-refractivity contribution in [1.82, 2.24) is 14.5 Å². The molecular formula is C26H24F3N3O5S. The molecule has 2 aromatic carbocycles. The van der Waals surface area contributed by atoms with Crippen LogP contribution in [0.5, 0.6) is 5.75 Å². The van der Waals surface area contributed by atoms with Gasteiger partial charge in [0.15, 0.2) is 12.4 Å². The summed E-state index contributed by atoms with van der Waals surface area (Å²) in [6.45, 7) is 0.285. The van der Waals surface area contributed by atoms with E-state index in [1.54, 1.807) is 35.8 Å². The van der Waals surface area contributed by atoms with Gasteiger partial charge in [-0.15, -0.1) is 0 Å². The number of alkyl halides is 3. The molecule has 0 amide bonds. The molecule has 0 bridgehead atoms. The van der Waals surface area contributed by atoms with Crippen molar-refractivity contribution in [2.24, 2.45) is 0 Å². The molecule has 0 radical (unpaired) electrons. The lowest BCUT2D eigenvalue weighted by Gasteiger charge is -2.15. The van der Waals surface area contributed by atoms with Gasteiger partial charge in [0.1, 0.15) is 19.0 Å². The standard InChI is InChI=1S/C26H24F3N3O5S/c1-18-21(30-12-11-23(18)37-17-26(27,28)29)16-38(34)24-31-20-9-5-6-10-22(20)32(24)13-14-35-25(33)36-15-19-7-3-2-4-8-19/h2-12H,13-17H2,1H3. The zero-order valence-corrected chi connectivity index (χ0v) is 21.1. The monoisotopic (exact) mass is 547 g/mol. The molecule has 0 saturated heterocycles. The zero-order chi connectivity index (χ0) is 27.1. The van der Waals surface area contributed by atoms with Gasteiger partial charge in [-0.05, 0) is 30.7 Å². The number of carbonyl (C=O) groups is 1. The number of pyridine rings is 1. The molecule has 0 fully saturated rings. The average molecular weight is 548 g/mol. The summed E-state index contributed by atoms with van der Waals surface area (Å²) in [6, 6.07) is 17.6. The van der Waals surface area contributed by atoms with Gasteiger partial charge in [-0.25, -0.2) is 4.79 Å². The van der Waals surface area contributed by atoms with Gasteiger partial charge >= 0.3 is 17.5 Å². The Balaban J connectivity index is 1.44. The van der Waals surface area contributed by atoms with Crippen LogP contribution in [0.3, 0.4) is 0 Å². The predicted octanol–water partition coefficient (Wildman–Crippen LogP) is 5.34. The molecule has 2 aromatic heterocycles. The normalized spacial score (nSPS) is 12.3. The van der Waals surface area contributed by atoms with E-state index in [0.717, 1.165) is 5.56 Å². The molecule has 2 heterocycles. The number of fused-ring (bicyclic) bond motifs is 1. The summed E-state index contributed by atoms with van der Waals surface area (Å²) in [7, 11) is 0. The lowest BCUT2D eigenvalue weighted by molar-refractivity contribution is -0.153. The molecule has 1 atom stereocenters. The van der Waals surface area contributed by atoms with Gasteiger partial charge in [-0.3, -0.25) is 9.55 Å². The highest BCUT2D eigenvalue weighted by Gasteiger charge is 2.29. The number of para-hydroxylation sites is 2. The second-order valence-corrected chi connectivity index (χ2v) is 9.53. The van der Waals surface area contributed by atoms with Crippen LogP contribution in [0.4, 0.5) is 18.0 Å². The van der Waals surface area contributed by atoms with E-state index in [1.165, 1.54) is 12.3 Å². The molecule has 8 nitrogen and oxygen atoms in total. The van der Waals surface area contributed by atoms with Crippen molar-refractivity contribution >= 4 is 28.4 Å². The predicted molar refractivity (Wildman–Crippen MR) is 133 cm³/mol. The molecular weight excluding hydrogens is 523 g/mol. The Morgan fingerprint density at radius 3 is 2.55 bits per heavy atom. The Morgan fingerprint density at radius 1 is 1.05 bits per heavy atom. The summed E-state index contributed by atoms with van der Waals surface area (Å²) in [5.74, 6) is -0.0847. The first-order valence-electron chi connectivity index (χ1n) is 11.5. The highest BCUT2D eigenvalue weighted by molar-refractivity contribution is 7.90.